The number of aliphatic carboxylic acids is 1. The minimum Gasteiger partial charge on any atom is -0.481 e. The van der Waals surface area contributed by atoms with Crippen LogP contribution < -0.4 is 5.32 Å². The lowest BCUT2D eigenvalue weighted by Gasteiger charge is -2.30. The first-order valence-corrected chi connectivity index (χ1v) is 6.85. The molecule has 1 aromatic carbocycles. The van der Waals surface area contributed by atoms with Crippen LogP contribution >= 0.6 is 0 Å². The molecule has 0 saturated carbocycles. The van der Waals surface area contributed by atoms with Gasteiger partial charge >= 0.3 is 12.0 Å². The Bertz CT molecular complexity index is 563. The summed E-state index contributed by atoms with van der Waals surface area (Å²) in [5.74, 6) is -1.34. The molecular formula is C15H17N3O3. The molecule has 1 aromatic rings. The largest absolute Gasteiger partial charge is 0.481 e. The lowest BCUT2D eigenvalue weighted by atomic mass is 9.99. The summed E-state index contributed by atoms with van der Waals surface area (Å²) in [5.41, 5.74) is 1.53. The standard InChI is InChI=1S/C15H17N3O3/c16-8-7-11-3-5-13(6-4-11)17-15(21)18-9-1-2-12(10-18)14(19)20/h3-6,12H,1-2,7,9-10H2,(H,17,21)(H,19,20)/t12-/m1/s1. The van der Waals surface area contributed by atoms with E-state index in [2.05, 4.69) is 11.4 Å². The molecule has 0 aliphatic carbocycles. The van der Waals surface area contributed by atoms with Crippen LogP contribution in [0, 0.1) is 17.2 Å². The van der Waals surface area contributed by atoms with Crippen molar-refractivity contribution in [2.75, 3.05) is 18.4 Å². The number of carbonyl (C=O) groups excluding carboxylic acids is 1. The van der Waals surface area contributed by atoms with Gasteiger partial charge in [-0.2, -0.15) is 5.26 Å². The minimum atomic E-state index is -0.853. The number of piperidine rings is 1. The van der Waals surface area contributed by atoms with Crippen LogP contribution in [0.1, 0.15) is 18.4 Å². The van der Waals surface area contributed by atoms with Crippen molar-refractivity contribution in [2.45, 2.75) is 19.3 Å². The first-order valence-electron chi connectivity index (χ1n) is 6.85. The van der Waals surface area contributed by atoms with E-state index in [4.69, 9.17) is 10.4 Å². The number of carboxylic acid groups (broad SMARTS) is 1. The summed E-state index contributed by atoms with van der Waals surface area (Å²) in [7, 11) is 0. The number of benzene rings is 1. The Morgan fingerprint density at radius 1 is 1.38 bits per heavy atom. The molecule has 110 valence electrons. The molecule has 2 amide bonds. The quantitative estimate of drug-likeness (QED) is 0.890. The molecule has 0 spiro atoms. The monoisotopic (exact) mass is 287 g/mol. The highest BCUT2D eigenvalue weighted by Crippen LogP contribution is 2.18. The van der Waals surface area contributed by atoms with Gasteiger partial charge in [-0.05, 0) is 30.5 Å². The van der Waals surface area contributed by atoms with E-state index in [9.17, 15) is 9.59 Å². The van der Waals surface area contributed by atoms with Gasteiger partial charge < -0.3 is 15.3 Å². The van der Waals surface area contributed by atoms with E-state index in [1.807, 2.05) is 0 Å². The summed E-state index contributed by atoms with van der Waals surface area (Å²) in [4.78, 5) is 24.6. The second-order valence-corrected chi connectivity index (χ2v) is 5.09. The molecule has 1 heterocycles. The van der Waals surface area contributed by atoms with Gasteiger partial charge in [-0.25, -0.2) is 4.79 Å². The normalized spacial score (nSPS) is 17.9. The number of rotatable bonds is 3. The maximum absolute atomic E-state index is 12.1. The third-order valence-corrected chi connectivity index (χ3v) is 3.55. The second kappa shape index (κ2) is 6.75. The summed E-state index contributed by atoms with van der Waals surface area (Å²) in [6, 6.07) is 8.83. The second-order valence-electron chi connectivity index (χ2n) is 5.09. The van der Waals surface area contributed by atoms with E-state index in [1.54, 1.807) is 24.3 Å². The summed E-state index contributed by atoms with van der Waals surface area (Å²) in [6.07, 6.45) is 1.65. The molecule has 0 unspecified atom stereocenters. The van der Waals surface area contributed by atoms with Gasteiger partial charge in [0, 0.05) is 18.8 Å². The van der Waals surface area contributed by atoms with E-state index in [-0.39, 0.29) is 12.6 Å². The lowest BCUT2D eigenvalue weighted by molar-refractivity contribution is -0.143. The van der Waals surface area contributed by atoms with E-state index in [0.717, 1.165) is 5.56 Å². The number of nitrogens with one attached hydrogen (secondary N) is 1. The number of anilines is 1. The molecule has 0 radical (unpaired) electrons. The van der Waals surface area contributed by atoms with Crippen LogP contribution in [0.15, 0.2) is 24.3 Å². The minimum absolute atomic E-state index is 0.244. The SMILES string of the molecule is N#CCc1ccc(NC(=O)N2CCC[C@@H](C(=O)O)C2)cc1. The van der Waals surface area contributed by atoms with Crippen LogP contribution in [0.4, 0.5) is 10.5 Å². The summed E-state index contributed by atoms with van der Waals surface area (Å²) >= 11 is 0. The van der Waals surface area contributed by atoms with Crippen molar-refractivity contribution in [3.63, 3.8) is 0 Å². The summed E-state index contributed by atoms with van der Waals surface area (Å²) < 4.78 is 0. The number of hydrogen-bond donors (Lipinski definition) is 2. The van der Waals surface area contributed by atoms with E-state index in [0.29, 0.717) is 31.5 Å². The molecule has 2 N–H and O–H groups in total. The maximum atomic E-state index is 12.1. The van der Waals surface area contributed by atoms with Crippen molar-refractivity contribution in [3.8, 4) is 6.07 Å². The van der Waals surface area contributed by atoms with Crippen LogP contribution in [0.2, 0.25) is 0 Å². The zero-order valence-corrected chi connectivity index (χ0v) is 11.6. The zero-order chi connectivity index (χ0) is 15.2. The predicted octanol–water partition coefficient (Wildman–Crippen LogP) is 2.08. The number of hydrogen-bond acceptors (Lipinski definition) is 3. The lowest BCUT2D eigenvalue weighted by Crippen LogP contribution is -2.44. The molecule has 6 nitrogen and oxygen atoms in total. The fourth-order valence-electron chi connectivity index (χ4n) is 2.36. The smallest absolute Gasteiger partial charge is 0.321 e. The molecule has 21 heavy (non-hydrogen) atoms. The average Bonchev–Trinajstić information content (AvgIpc) is 2.49. The van der Waals surface area contributed by atoms with Crippen LogP contribution in [0.25, 0.3) is 0 Å². The van der Waals surface area contributed by atoms with Crippen molar-refractivity contribution >= 4 is 17.7 Å². The Kier molecular flexibility index (Phi) is 4.77. The Morgan fingerprint density at radius 3 is 2.71 bits per heavy atom. The Morgan fingerprint density at radius 2 is 2.10 bits per heavy atom. The van der Waals surface area contributed by atoms with Crippen molar-refractivity contribution in [3.05, 3.63) is 29.8 Å². The number of carbonyl (C=O) groups is 2. The van der Waals surface area contributed by atoms with Crippen LogP contribution in [0.5, 0.6) is 0 Å². The van der Waals surface area contributed by atoms with E-state index in [1.165, 1.54) is 4.90 Å². The topological polar surface area (TPSA) is 93.4 Å². The molecule has 1 saturated heterocycles. The highest BCUT2D eigenvalue weighted by molar-refractivity contribution is 5.89. The van der Waals surface area contributed by atoms with Gasteiger partial charge in [-0.3, -0.25) is 4.79 Å². The molecule has 6 heteroatoms. The third-order valence-electron chi connectivity index (χ3n) is 3.55. The molecule has 1 atom stereocenters. The zero-order valence-electron chi connectivity index (χ0n) is 11.6. The van der Waals surface area contributed by atoms with Gasteiger partial charge in [0.1, 0.15) is 0 Å². The number of likely N-dealkylation sites (tertiary alicyclic amines) is 1. The van der Waals surface area contributed by atoms with Crippen molar-refractivity contribution in [1.29, 1.82) is 5.26 Å². The Hall–Kier alpha value is -2.55. The van der Waals surface area contributed by atoms with Gasteiger partial charge in [0.25, 0.3) is 0 Å². The molecule has 2 rings (SSSR count). The van der Waals surface area contributed by atoms with Crippen LogP contribution in [-0.4, -0.2) is 35.1 Å². The average molecular weight is 287 g/mol. The predicted molar refractivity (Wildman–Crippen MR) is 76.7 cm³/mol. The molecule has 1 aliphatic heterocycles. The molecule has 1 fully saturated rings. The molecule has 0 bridgehead atoms. The van der Waals surface area contributed by atoms with Gasteiger partial charge in [-0.15, -0.1) is 0 Å². The summed E-state index contributed by atoms with van der Waals surface area (Å²) in [6.45, 7) is 0.815. The highest BCUT2D eigenvalue weighted by Gasteiger charge is 2.28. The third kappa shape index (κ3) is 3.96. The Balaban J connectivity index is 1.94. The molecular weight excluding hydrogens is 270 g/mol. The van der Waals surface area contributed by atoms with Crippen molar-refractivity contribution < 1.29 is 14.7 Å². The van der Waals surface area contributed by atoms with E-state index < -0.39 is 11.9 Å². The highest BCUT2D eigenvalue weighted by atomic mass is 16.4. The first-order chi connectivity index (χ1) is 10.1. The number of urea groups is 1. The van der Waals surface area contributed by atoms with Crippen molar-refractivity contribution in [1.82, 2.24) is 4.90 Å². The maximum Gasteiger partial charge on any atom is 0.321 e. The molecule has 1 aliphatic rings. The number of amides is 2. The van der Waals surface area contributed by atoms with Gasteiger partial charge in [0.2, 0.25) is 0 Å². The van der Waals surface area contributed by atoms with Crippen molar-refractivity contribution in [2.24, 2.45) is 5.92 Å². The van der Waals surface area contributed by atoms with Gasteiger partial charge in [0.05, 0.1) is 18.4 Å². The number of nitriles is 1. The number of nitrogens with zero attached hydrogens (tertiary/aromatic N) is 2. The first kappa shape index (κ1) is 14.9. The fourth-order valence-corrected chi connectivity index (χ4v) is 2.36. The van der Waals surface area contributed by atoms with E-state index >= 15 is 0 Å². The molecule has 0 aromatic heterocycles. The number of carboxylic acids is 1. The fraction of sp³-hybridized carbons (Fsp3) is 0.400. The summed E-state index contributed by atoms with van der Waals surface area (Å²) in [5, 5.41) is 20.4. The van der Waals surface area contributed by atoms with Crippen LogP contribution in [-0.2, 0) is 11.2 Å². The van der Waals surface area contributed by atoms with Gasteiger partial charge in [0.15, 0.2) is 0 Å². The Labute approximate surface area is 123 Å². The van der Waals surface area contributed by atoms with Gasteiger partial charge in [-0.1, -0.05) is 12.1 Å². The van der Waals surface area contributed by atoms with Crippen LogP contribution in [0.3, 0.4) is 0 Å².